The zero-order valence-corrected chi connectivity index (χ0v) is 24.7. The van der Waals surface area contributed by atoms with E-state index in [0.29, 0.717) is 31.5 Å². The Kier molecular flexibility index (Phi) is 9.01. The highest BCUT2D eigenvalue weighted by Gasteiger charge is 2.32. The minimum atomic E-state index is -0.666. The molecule has 0 bridgehead atoms. The van der Waals surface area contributed by atoms with Crippen molar-refractivity contribution < 1.29 is 14.4 Å². The molecule has 6 nitrogen and oxygen atoms in total. The molecule has 6 heteroatoms. The van der Waals surface area contributed by atoms with Crippen LogP contribution in [0.25, 0.3) is 10.8 Å². The number of hydrogen-bond donors (Lipinski definition) is 1. The van der Waals surface area contributed by atoms with Crippen LogP contribution in [0.5, 0.6) is 0 Å². The van der Waals surface area contributed by atoms with Crippen LogP contribution in [0.3, 0.4) is 0 Å². The van der Waals surface area contributed by atoms with Crippen LogP contribution >= 0.6 is 0 Å². The van der Waals surface area contributed by atoms with Crippen LogP contribution in [0.1, 0.15) is 60.2 Å². The second kappa shape index (κ2) is 13.0. The van der Waals surface area contributed by atoms with Gasteiger partial charge in [-0.3, -0.25) is 14.4 Å². The predicted molar refractivity (Wildman–Crippen MR) is 168 cm³/mol. The molecule has 4 aromatic carbocycles. The van der Waals surface area contributed by atoms with E-state index in [9.17, 15) is 14.4 Å². The van der Waals surface area contributed by atoms with Crippen molar-refractivity contribution in [1.29, 1.82) is 0 Å². The normalized spacial score (nSPS) is 13.7. The lowest BCUT2D eigenvalue weighted by molar-refractivity contribution is -0.141. The second-order valence-electron chi connectivity index (χ2n) is 11.3. The summed E-state index contributed by atoms with van der Waals surface area (Å²) in [5.74, 6) is -0.272. The maximum absolute atomic E-state index is 14.0. The van der Waals surface area contributed by atoms with Gasteiger partial charge in [-0.1, -0.05) is 91.3 Å². The van der Waals surface area contributed by atoms with Crippen molar-refractivity contribution in [3.63, 3.8) is 0 Å². The zero-order valence-electron chi connectivity index (χ0n) is 24.7. The number of hydrogen-bond acceptors (Lipinski definition) is 3. The van der Waals surface area contributed by atoms with Gasteiger partial charge in [0.25, 0.3) is 5.91 Å². The van der Waals surface area contributed by atoms with Gasteiger partial charge in [0.2, 0.25) is 11.8 Å². The first-order valence-electron chi connectivity index (χ1n) is 14.9. The van der Waals surface area contributed by atoms with Gasteiger partial charge in [-0.25, -0.2) is 0 Å². The Morgan fingerprint density at radius 2 is 1.62 bits per heavy atom. The molecule has 0 radical (unpaired) electrons. The van der Waals surface area contributed by atoms with Crippen LogP contribution in [0, 0.1) is 6.92 Å². The summed E-state index contributed by atoms with van der Waals surface area (Å²) in [4.78, 5) is 44.5. The van der Waals surface area contributed by atoms with Gasteiger partial charge in [0.05, 0.1) is 5.69 Å². The number of carbonyl (C=O) groups excluding carboxylic acids is 3. The Bertz CT molecular complexity index is 1580. The Balaban J connectivity index is 1.38. The van der Waals surface area contributed by atoms with E-state index in [0.717, 1.165) is 39.6 Å². The van der Waals surface area contributed by atoms with Crippen LogP contribution in [0.4, 0.5) is 5.69 Å². The fraction of sp³-hybridized carbons (Fsp3) is 0.306. The van der Waals surface area contributed by atoms with E-state index in [-0.39, 0.29) is 30.2 Å². The monoisotopic (exact) mass is 561 g/mol. The Hall–Kier alpha value is -4.45. The van der Waals surface area contributed by atoms with Gasteiger partial charge in [0, 0.05) is 42.9 Å². The summed E-state index contributed by atoms with van der Waals surface area (Å²) in [6.45, 7) is 6.80. The molecule has 1 N–H and O–H groups in total. The first-order valence-corrected chi connectivity index (χ1v) is 14.9. The first-order chi connectivity index (χ1) is 20.4. The van der Waals surface area contributed by atoms with Crippen LogP contribution in [-0.4, -0.2) is 41.2 Å². The summed E-state index contributed by atoms with van der Waals surface area (Å²) in [7, 11) is 0. The molecule has 3 amide bonds. The van der Waals surface area contributed by atoms with E-state index in [1.807, 2.05) is 106 Å². The van der Waals surface area contributed by atoms with Crippen LogP contribution in [-0.2, 0) is 22.6 Å². The first kappa shape index (κ1) is 29.1. The quantitative estimate of drug-likeness (QED) is 0.216. The van der Waals surface area contributed by atoms with Gasteiger partial charge in [0.1, 0.15) is 6.04 Å². The van der Waals surface area contributed by atoms with Crippen LogP contribution in [0.15, 0.2) is 91.0 Å². The fourth-order valence-electron chi connectivity index (χ4n) is 5.74. The third kappa shape index (κ3) is 6.38. The lowest BCUT2D eigenvalue weighted by atomic mass is 10.0. The number of rotatable bonds is 12. The molecule has 42 heavy (non-hydrogen) atoms. The van der Waals surface area contributed by atoms with Gasteiger partial charge in [0.15, 0.2) is 0 Å². The molecule has 1 heterocycles. The molecule has 0 saturated carbocycles. The third-order valence-corrected chi connectivity index (χ3v) is 8.13. The number of amides is 3. The summed E-state index contributed by atoms with van der Waals surface area (Å²) in [6.07, 6.45) is 1.94. The number of nitrogens with zero attached hydrogens (tertiary/aromatic N) is 2. The topological polar surface area (TPSA) is 69.7 Å². The highest BCUT2D eigenvalue weighted by atomic mass is 16.2. The highest BCUT2D eigenvalue weighted by Crippen LogP contribution is 2.37. The van der Waals surface area contributed by atoms with Crippen molar-refractivity contribution in [3.8, 4) is 0 Å². The van der Waals surface area contributed by atoms with Crippen molar-refractivity contribution in [1.82, 2.24) is 10.2 Å². The molecule has 1 aliphatic heterocycles. The van der Waals surface area contributed by atoms with Crippen molar-refractivity contribution in [2.24, 2.45) is 0 Å². The number of anilines is 1. The lowest BCUT2D eigenvalue weighted by Crippen LogP contribution is -2.52. The number of carbonyl (C=O) groups is 3. The summed E-state index contributed by atoms with van der Waals surface area (Å²) in [5, 5.41) is 5.14. The molecule has 5 rings (SSSR count). The molecule has 0 aromatic heterocycles. The molecule has 2 atom stereocenters. The zero-order chi connectivity index (χ0) is 29.6. The summed E-state index contributed by atoms with van der Waals surface area (Å²) >= 11 is 0. The largest absolute Gasteiger partial charge is 0.352 e. The van der Waals surface area contributed by atoms with Crippen LogP contribution in [0.2, 0.25) is 0 Å². The standard InChI is InChI=1S/C36H39N3O3/c1-4-26(3)37-35(41)32(23-27-13-6-5-7-14-27)39(24-28-15-8-12-25(2)22-28)33(40)20-11-21-38-31-19-10-17-29-16-9-18-30(34(29)31)36(38)42/h5-10,12-19,22,26,32H,4,11,20-21,23-24H2,1-3H3,(H,37,41)/t26-,32+/m0/s1. The molecular formula is C36H39N3O3. The highest BCUT2D eigenvalue weighted by molar-refractivity contribution is 6.25. The van der Waals surface area contributed by atoms with Gasteiger partial charge < -0.3 is 15.1 Å². The second-order valence-corrected chi connectivity index (χ2v) is 11.3. The molecule has 216 valence electrons. The van der Waals surface area contributed by atoms with E-state index in [1.165, 1.54) is 0 Å². The van der Waals surface area contributed by atoms with Gasteiger partial charge in [-0.15, -0.1) is 0 Å². The fourth-order valence-corrected chi connectivity index (χ4v) is 5.74. The molecule has 0 saturated heterocycles. The average Bonchev–Trinajstić information content (AvgIpc) is 3.27. The molecule has 1 aliphatic rings. The number of benzene rings is 4. The predicted octanol–water partition coefficient (Wildman–Crippen LogP) is 6.44. The lowest BCUT2D eigenvalue weighted by Gasteiger charge is -2.32. The van der Waals surface area contributed by atoms with Gasteiger partial charge >= 0.3 is 0 Å². The molecule has 0 spiro atoms. The van der Waals surface area contributed by atoms with Crippen LogP contribution < -0.4 is 10.2 Å². The van der Waals surface area contributed by atoms with E-state index in [4.69, 9.17) is 0 Å². The van der Waals surface area contributed by atoms with E-state index < -0.39 is 6.04 Å². The van der Waals surface area contributed by atoms with Crippen molar-refractivity contribution in [2.75, 3.05) is 11.4 Å². The van der Waals surface area contributed by atoms with E-state index in [1.54, 1.807) is 9.80 Å². The average molecular weight is 562 g/mol. The summed E-state index contributed by atoms with van der Waals surface area (Å²) in [5.41, 5.74) is 4.68. The molecular weight excluding hydrogens is 522 g/mol. The van der Waals surface area contributed by atoms with Crippen molar-refractivity contribution in [3.05, 3.63) is 113 Å². The third-order valence-electron chi connectivity index (χ3n) is 8.13. The molecule has 0 unspecified atom stereocenters. The number of nitrogens with one attached hydrogen (secondary N) is 1. The maximum atomic E-state index is 14.0. The molecule has 0 fully saturated rings. The summed E-state index contributed by atoms with van der Waals surface area (Å²) < 4.78 is 0. The maximum Gasteiger partial charge on any atom is 0.258 e. The minimum Gasteiger partial charge on any atom is -0.352 e. The minimum absolute atomic E-state index is 0.00258. The number of aryl methyl sites for hydroxylation is 1. The smallest absolute Gasteiger partial charge is 0.258 e. The Labute approximate surface area is 248 Å². The van der Waals surface area contributed by atoms with E-state index >= 15 is 0 Å². The van der Waals surface area contributed by atoms with E-state index in [2.05, 4.69) is 11.4 Å². The van der Waals surface area contributed by atoms with Gasteiger partial charge in [-0.05, 0) is 55.3 Å². The Morgan fingerprint density at radius 1 is 0.905 bits per heavy atom. The summed E-state index contributed by atoms with van der Waals surface area (Å²) in [6, 6.07) is 29.0. The van der Waals surface area contributed by atoms with Crippen molar-refractivity contribution in [2.45, 2.75) is 65.1 Å². The Morgan fingerprint density at radius 3 is 2.36 bits per heavy atom. The molecule has 4 aromatic rings. The SMILES string of the molecule is CC[C@H](C)NC(=O)[C@@H](Cc1ccccc1)N(Cc1cccc(C)c1)C(=O)CCCN1C(=O)c2cccc3cccc1c23. The van der Waals surface area contributed by atoms with Crippen molar-refractivity contribution >= 4 is 34.2 Å². The van der Waals surface area contributed by atoms with Gasteiger partial charge in [-0.2, -0.15) is 0 Å². The molecule has 0 aliphatic carbocycles.